The van der Waals surface area contributed by atoms with Crippen LogP contribution in [0, 0.1) is 11.7 Å². The van der Waals surface area contributed by atoms with Crippen molar-refractivity contribution in [3.63, 3.8) is 0 Å². The van der Waals surface area contributed by atoms with Crippen LogP contribution in [0.3, 0.4) is 0 Å². The maximum atomic E-state index is 13.6. The predicted octanol–water partition coefficient (Wildman–Crippen LogP) is 2.54. The molecule has 19 heavy (non-hydrogen) atoms. The van der Waals surface area contributed by atoms with Gasteiger partial charge in [0.15, 0.2) is 11.6 Å². The van der Waals surface area contributed by atoms with Crippen LogP contribution in [0.25, 0.3) is 11.4 Å². The number of ether oxygens (including phenoxy) is 1. The highest BCUT2D eigenvalue weighted by atomic mass is 19.1. The van der Waals surface area contributed by atoms with Crippen molar-refractivity contribution in [2.75, 3.05) is 7.11 Å². The Bertz CT molecular complexity index is 569. The summed E-state index contributed by atoms with van der Waals surface area (Å²) in [4.78, 5) is 4.19. The first kappa shape index (κ1) is 13.5. The van der Waals surface area contributed by atoms with Gasteiger partial charge in [0, 0.05) is 5.56 Å². The van der Waals surface area contributed by atoms with Gasteiger partial charge in [0.05, 0.1) is 13.2 Å². The number of aromatic nitrogens is 2. The second-order valence-electron chi connectivity index (χ2n) is 4.58. The molecule has 0 spiro atoms. The molecule has 0 saturated carbocycles. The first-order valence-electron chi connectivity index (χ1n) is 5.96. The van der Waals surface area contributed by atoms with Crippen LogP contribution in [-0.2, 0) is 0 Å². The van der Waals surface area contributed by atoms with E-state index in [0.717, 1.165) is 0 Å². The summed E-state index contributed by atoms with van der Waals surface area (Å²) in [6, 6.07) is 4.15. The molecule has 0 aliphatic heterocycles. The highest BCUT2D eigenvalue weighted by Gasteiger charge is 2.19. The Hall–Kier alpha value is -1.95. The van der Waals surface area contributed by atoms with Crippen LogP contribution in [0.5, 0.6) is 5.75 Å². The summed E-state index contributed by atoms with van der Waals surface area (Å²) in [5, 5.41) is 3.81. The van der Waals surface area contributed by atoms with Gasteiger partial charge in [-0.05, 0) is 24.1 Å². The summed E-state index contributed by atoms with van der Waals surface area (Å²) in [5.74, 6) is 0.542. The molecule has 2 aromatic rings. The SMILES string of the molecule is COc1ccc(-c2noc([C@@H](N)C(C)C)n2)cc1F. The lowest BCUT2D eigenvalue weighted by molar-refractivity contribution is 0.325. The van der Waals surface area contributed by atoms with E-state index >= 15 is 0 Å². The van der Waals surface area contributed by atoms with E-state index in [-0.39, 0.29) is 17.7 Å². The molecule has 6 heteroatoms. The predicted molar refractivity (Wildman–Crippen MR) is 68.0 cm³/mol. The Morgan fingerprint density at radius 1 is 1.37 bits per heavy atom. The van der Waals surface area contributed by atoms with E-state index in [4.69, 9.17) is 15.0 Å². The number of halogens is 1. The van der Waals surface area contributed by atoms with E-state index in [1.165, 1.54) is 19.2 Å². The topological polar surface area (TPSA) is 74.2 Å². The van der Waals surface area contributed by atoms with E-state index in [1.807, 2.05) is 13.8 Å². The largest absolute Gasteiger partial charge is 0.494 e. The zero-order valence-electron chi connectivity index (χ0n) is 11.1. The average Bonchev–Trinajstić information content (AvgIpc) is 2.87. The molecule has 0 radical (unpaired) electrons. The molecule has 0 bridgehead atoms. The Morgan fingerprint density at radius 2 is 2.11 bits per heavy atom. The van der Waals surface area contributed by atoms with Gasteiger partial charge in [0.2, 0.25) is 11.7 Å². The standard InChI is InChI=1S/C13H16FN3O2/c1-7(2)11(15)13-16-12(17-19-13)8-4-5-10(18-3)9(14)6-8/h4-7,11H,15H2,1-3H3/t11-/m0/s1. The smallest absolute Gasteiger partial charge is 0.244 e. The molecule has 2 rings (SSSR count). The van der Waals surface area contributed by atoms with Crippen molar-refractivity contribution in [2.45, 2.75) is 19.9 Å². The van der Waals surface area contributed by atoms with E-state index < -0.39 is 5.82 Å². The first-order valence-corrected chi connectivity index (χ1v) is 5.96. The van der Waals surface area contributed by atoms with Crippen molar-refractivity contribution in [2.24, 2.45) is 11.7 Å². The zero-order chi connectivity index (χ0) is 14.0. The summed E-state index contributed by atoms with van der Waals surface area (Å²) in [6.45, 7) is 3.92. The van der Waals surface area contributed by atoms with Gasteiger partial charge in [-0.3, -0.25) is 0 Å². The van der Waals surface area contributed by atoms with Crippen LogP contribution in [0.1, 0.15) is 25.8 Å². The van der Waals surface area contributed by atoms with Gasteiger partial charge in [0.1, 0.15) is 0 Å². The number of hydrogen-bond donors (Lipinski definition) is 1. The number of nitrogens with zero attached hydrogens (tertiary/aromatic N) is 2. The molecule has 0 aliphatic rings. The van der Waals surface area contributed by atoms with Crippen LogP contribution in [0.2, 0.25) is 0 Å². The quantitative estimate of drug-likeness (QED) is 0.919. The van der Waals surface area contributed by atoms with Crippen molar-refractivity contribution in [1.29, 1.82) is 0 Å². The molecule has 0 saturated heterocycles. The van der Waals surface area contributed by atoms with Crippen molar-refractivity contribution in [3.05, 3.63) is 29.9 Å². The minimum Gasteiger partial charge on any atom is -0.494 e. The van der Waals surface area contributed by atoms with Gasteiger partial charge in [-0.1, -0.05) is 19.0 Å². The van der Waals surface area contributed by atoms with Gasteiger partial charge in [-0.2, -0.15) is 4.98 Å². The van der Waals surface area contributed by atoms with Gasteiger partial charge in [-0.15, -0.1) is 0 Å². The third-order valence-corrected chi connectivity index (χ3v) is 2.86. The molecule has 1 heterocycles. The van der Waals surface area contributed by atoms with Crippen molar-refractivity contribution in [1.82, 2.24) is 10.1 Å². The number of hydrogen-bond acceptors (Lipinski definition) is 5. The monoisotopic (exact) mass is 265 g/mol. The fraction of sp³-hybridized carbons (Fsp3) is 0.385. The van der Waals surface area contributed by atoms with Crippen molar-refractivity contribution < 1.29 is 13.7 Å². The molecule has 0 fully saturated rings. The number of rotatable bonds is 4. The van der Waals surface area contributed by atoms with E-state index in [9.17, 15) is 4.39 Å². The summed E-state index contributed by atoms with van der Waals surface area (Å²) in [7, 11) is 1.41. The average molecular weight is 265 g/mol. The van der Waals surface area contributed by atoms with Crippen molar-refractivity contribution >= 4 is 0 Å². The fourth-order valence-electron chi connectivity index (χ4n) is 1.58. The molecule has 0 unspecified atom stereocenters. The lowest BCUT2D eigenvalue weighted by atomic mass is 10.1. The van der Waals surface area contributed by atoms with E-state index in [2.05, 4.69) is 10.1 Å². The van der Waals surface area contributed by atoms with Crippen LogP contribution in [0.15, 0.2) is 22.7 Å². The Morgan fingerprint density at radius 3 is 2.68 bits per heavy atom. The second-order valence-corrected chi connectivity index (χ2v) is 4.58. The molecule has 0 amide bonds. The zero-order valence-corrected chi connectivity index (χ0v) is 11.1. The normalized spacial score (nSPS) is 12.7. The Balaban J connectivity index is 2.30. The molecule has 1 aromatic heterocycles. The van der Waals surface area contributed by atoms with Gasteiger partial charge in [-0.25, -0.2) is 4.39 Å². The molecule has 102 valence electrons. The summed E-state index contributed by atoms with van der Waals surface area (Å²) < 4.78 is 23.5. The van der Waals surface area contributed by atoms with Crippen molar-refractivity contribution in [3.8, 4) is 17.1 Å². The Kier molecular flexibility index (Phi) is 3.80. The molecule has 0 aliphatic carbocycles. The molecule has 1 atom stereocenters. The van der Waals surface area contributed by atoms with E-state index in [1.54, 1.807) is 6.07 Å². The Labute approximate surface area is 110 Å². The molecular formula is C13H16FN3O2. The second kappa shape index (κ2) is 5.36. The van der Waals surface area contributed by atoms with Crippen LogP contribution >= 0.6 is 0 Å². The molecule has 2 N–H and O–H groups in total. The lowest BCUT2D eigenvalue weighted by Crippen LogP contribution is -2.16. The number of benzene rings is 1. The number of nitrogens with two attached hydrogens (primary N) is 1. The van der Waals surface area contributed by atoms with Crippen LogP contribution in [0.4, 0.5) is 4.39 Å². The van der Waals surface area contributed by atoms with Gasteiger partial charge in [0.25, 0.3) is 0 Å². The minimum atomic E-state index is -0.473. The van der Waals surface area contributed by atoms with Crippen LogP contribution in [-0.4, -0.2) is 17.3 Å². The fourth-order valence-corrected chi connectivity index (χ4v) is 1.58. The van der Waals surface area contributed by atoms with E-state index in [0.29, 0.717) is 17.3 Å². The van der Waals surface area contributed by atoms with Gasteiger partial charge < -0.3 is 15.0 Å². The summed E-state index contributed by atoms with van der Waals surface area (Å²) in [5.41, 5.74) is 6.43. The first-order chi connectivity index (χ1) is 9.02. The minimum absolute atomic E-state index is 0.173. The molecular weight excluding hydrogens is 249 g/mol. The highest BCUT2D eigenvalue weighted by molar-refractivity contribution is 5.56. The maximum Gasteiger partial charge on any atom is 0.244 e. The summed E-state index contributed by atoms with van der Waals surface area (Å²) >= 11 is 0. The maximum absolute atomic E-state index is 13.6. The van der Waals surface area contributed by atoms with Crippen LogP contribution < -0.4 is 10.5 Å². The lowest BCUT2D eigenvalue weighted by Gasteiger charge is -2.09. The molecule has 5 nitrogen and oxygen atoms in total. The third kappa shape index (κ3) is 2.73. The van der Waals surface area contributed by atoms with Gasteiger partial charge >= 0.3 is 0 Å². The number of methoxy groups -OCH3 is 1. The molecule has 1 aromatic carbocycles. The summed E-state index contributed by atoms with van der Waals surface area (Å²) in [6.07, 6.45) is 0. The third-order valence-electron chi connectivity index (χ3n) is 2.86. The highest BCUT2D eigenvalue weighted by Crippen LogP contribution is 2.25.